The van der Waals surface area contributed by atoms with Crippen molar-refractivity contribution in [1.82, 2.24) is 4.90 Å². The molecule has 0 aromatic heterocycles. The molecule has 0 radical (unpaired) electrons. The lowest BCUT2D eigenvalue weighted by Gasteiger charge is -2.32. The quantitative estimate of drug-likeness (QED) is 0.688. The van der Waals surface area contributed by atoms with E-state index in [9.17, 15) is 18.0 Å². The van der Waals surface area contributed by atoms with Crippen molar-refractivity contribution in [3.8, 4) is 0 Å². The van der Waals surface area contributed by atoms with Crippen molar-refractivity contribution >= 4 is 5.91 Å². The molecule has 0 fully saturated rings. The van der Waals surface area contributed by atoms with E-state index in [1.807, 2.05) is 0 Å². The first kappa shape index (κ1) is 16.1. The summed E-state index contributed by atoms with van der Waals surface area (Å²) in [6, 6.07) is 0. The number of methoxy groups -OCH3 is 1. The summed E-state index contributed by atoms with van der Waals surface area (Å²) in [6.07, 6.45) is -4.84. The average Bonchev–Trinajstić information content (AvgIpc) is 2.21. The molecule has 0 aliphatic heterocycles. The van der Waals surface area contributed by atoms with Gasteiger partial charge in [0.25, 0.3) is 5.91 Å². The van der Waals surface area contributed by atoms with Crippen molar-refractivity contribution < 1.29 is 27.8 Å². The van der Waals surface area contributed by atoms with Crippen molar-refractivity contribution in [2.24, 2.45) is 5.73 Å². The van der Waals surface area contributed by atoms with E-state index >= 15 is 0 Å². The van der Waals surface area contributed by atoms with Gasteiger partial charge in [-0.25, -0.2) is 0 Å². The van der Waals surface area contributed by atoms with Gasteiger partial charge in [0.05, 0.1) is 13.2 Å². The van der Waals surface area contributed by atoms with Gasteiger partial charge in [0.15, 0.2) is 5.54 Å². The van der Waals surface area contributed by atoms with Crippen molar-refractivity contribution in [1.29, 1.82) is 0 Å². The van der Waals surface area contributed by atoms with Crippen molar-refractivity contribution in [3.63, 3.8) is 0 Å². The largest absolute Gasteiger partial charge is 0.415 e. The van der Waals surface area contributed by atoms with E-state index in [1.54, 1.807) is 0 Å². The molecule has 0 aliphatic rings. The van der Waals surface area contributed by atoms with Gasteiger partial charge in [-0.2, -0.15) is 13.2 Å². The molecule has 5 nitrogen and oxygen atoms in total. The number of alkyl halides is 3. The number of nitrogens with zero attached hydrogens (tertiary/aromatic N) is 1. The van der Waals surface area contributed by atoms with Crippen LogP contribution in [0, 0.1) is 0 Å². The van der Waals surface area contributed by atoms with Gasteiger partial charge >= 0.3 is 6.18 Å². The van der Waals surface area contributed by atoms with Crippen molar-refractivity contribution in [2.75, 3.05) is 33.4 Å². The van der Waals surface area contributed by atoms with Crippen LogP contribution in [-0.2, 0) is 9.53 Å². The van der Waals surface area contributed by atoms with Crippen LogP contribution < -0.4 is 5.73 Å². The van der Waals surface area contributed by atoms with Crippen LogP contribution in [0.25, 0.3) is 0 Å². The van der Waals surface area contributed by atoms with E-state index in [0.29, 0.717) is 6.92 Å². The second-order valence-electron chi connectivity index (χ2n) is 3.71. The summed E-state index contributed by atoms with van der Waals surface area (Å²) in [5.41, 5.74) is 2.04. The number of aliphatic hydroxyl groups is 1. The molecule has 0 saturated carbocycles. The van der Waals surface area contributed by atoms with E-state index in [-0.39, 0.29) is 19.7 Å². The Balaban J connectivity index is 4.81. The van der Waals surface area contributed by atoms with Crippen LogP contribution in [0.4, 0.5) is 13.2 Å². The summed E-state index contributed by atoms with van der Waals surface area (Å²) >= 11 is 0. The van der Waals surface area contributed by atoms with Crippen LogP contribution in [0.1, 0.15) is 6.92 Å². The lowest BCUT2D eigenvalue weighted by Crippen LogP contribution is -2.62. The Hall–Kier alpha value is -0.860. The molecule has 0 saturated heterocycles. The highest BCUT2D eigenvalue weighted by Gasteiger charge is 2.55. The Kier molecular flexibility index (Phi) is 5.86. The van der Waals surface area contributed by atoms with Crippen LogP contribution in [0.2, 0.25) is 0 Å². The number of carbonyl (C=O) groups is 1. The Labute approximate surface area is 97.3 Å². The molecule has 102 valence electrons. The summed E-state index contributed by atoms with van der Waals surface area (Å²) in [6.45, 7) is -0.0423. The highest BCUT2D eigenvalue weighted by Crippen LogP contribution is 2.29. The molecule has 0 heterocycles. The Bertz CT molecular complexity index is 256. The van der Waals surface area contributed by atoms with Gasteiger partial charge in [-0.3, -0.25) is 4.79 Å². The third kappa shape index (κ3) is 4.14. The minimum absolute atomic E-state index is 0.0568. The summed E-state index contributed by atoms with van der Waals surface area (Å²) in [5, 5.41) is 8.70. The number of hydrogen-bond acceptors (Lipinski definition) is 4. The second-order valence-corrected chi connectivity index (χ2v) is 3.71. The van der Waals surface area contributed by atoms with Crippen LogP contribution in [-0.4, -0.2) is 61.0 Å². The molecule has 0 rings (SSSR count). The van der Waals surface area contributed by atoms with Crippen LogP contribution in [0.5, 0.6) is 0 Å². The standard InChI is InChI=1S/C9H17F3N2O3/c1-8(13,9(10,11)12)7(16)14(3-5-15)4-6-17-2/h15H,3-6,13H2,1-2H3. The molecular weight excluding hydrogens is 241 g/mol. The van der Waals surface area contributed by atoms with Gasteiger partial charge in [0, 0.05) is 20.2 Å². The molecule has 1 amide bonds. The third-order valence-electron chi connectivity index (χ3n) is 2.26. The molecule has 1 atom stereocenters. The van der Waals surface area contributed by atoms with Gasteiger partial charge in [-0.15, -0.1) is 0 Å². The number of ether oxygens (including phenoxy) is 1. The van der Waals surface area contributed by atoms with Gasteiger partial charge in [0.2, 0.25) is 0 Å². The molecule has 0 aliphatic carbocycles. The van der Waals surface area contributed by atoms with Gasteiger partial charge in [-0.05, 0) is 6.92 Å². The van der Waals surface area contributed by atoms with Crippen LogP contribution >= 0.6 is 0 Å². The Morgan fingerprint density at radius 1 is 1.41 bits per heavy atom. The van der Waals surface area contributed by atoms with Gasteiger partial charge in [-0.1, -0.05) is 0 Å². The minimum Gasteiger partial charge on any atom is -0.395 e. The van der Waals surface area contributed by atoms with Crippen molar-refractivity contribution in [3.05, 3.63) is 0 Å². The molecule has 17 heavy (non-hydrogen) atoms. The number of halogens is 3. The maximum Gasteiger partial charge on any atom is 0.415 e. The summed E-state index contributed by atoms with van der Waals surface area (Å²) in [5.74, 6) is -1.28. The fraction of sp³-hybridized carbons (Fsp3) is 0.889. The predicted molar refractivity (Wildman–Crippen MR) is 54.2 cm³/mol. The molecule has 0 aromatic rings. The maximum atomic E-state index is 12.5. The molecule has 0 spiro atoms. The average molecular weight is 258 g/mol. The number of rotatable bonds is 6. The molecule has 1 unspecified atom stereocenters. The summed E-state index contributed by atoms with van der Waals surface area (Å²) in [7, 11) is 1.35. The normalized spacial score (nSPS) is 15.5. The number of nitrogens with two attached hydrogens (primary N) is 1. The monoisotopic (exact) mass is 258 g/mol. The van der Waals surface area contributed by atoms with E-state index in [0.717, 1.165) is 4.90 Å². The fourth-order valence-corrected chi connectivity index (χ4v) is 1.09. The highest BCUT2D eigenvalue weighted by atomic mass is 19.4. The van der Waals surface area contributed by atoms with E-state index in [2.05, 4.69) is 4.74 Å². The Morgan fingerprint density at radius 2 is 1.94 bits per heavy atom. The van der Waals surface area contributed by atoms with Crippen molar-refractivity contribution in [2.45, 2.75) is 18.6 Å². The zero-order chi connectivity index (χ0) is 13.7. The minimum atomic E-state index is -4.84. The topological polar surface area (TPSA) is 75.8 Å². The number of carbonyl (C=O) groups excluding carboxylic acids is 1. The van der Waals surface area contributed by atoms with E-state index < -0.39 is 24.2 Å². The lowest BCUT2D eigenvalue weighted by atomic mass is 10.0. The summed E-state index contributed by atoms with van der Waals surface area (Å²) in [4.78, 5) is 12.5. The third-order valence-corrected chi connectivity index (χ3v) is 2.26. The lowest BCUT2D eigenvalue weighted by molar-refractivity contribution is -0.194. The second kappa shape index (κ2) is 6.18. The first-order chi connectivity index (χ1) is 7.68. The molecule has 8 heteroatoms. The van der Waals surface area contributed by atoms with Crippen LogP contribution in [0.3, 0.4) is 0 Å². The Morgan fingerprint density at radius 3 is 2.29 bits per heavy atom. The predicted octanol–water partition coefficient (Wildman–Crippen LogP) is -0.267. The SMILES string of the molecule is COCCN(CCO)C(=O)C(C)(N)C(F)(F)F. The summed E-state index contributed by atoms with van der Waals surface area (Å²) < 4.78 is 42.3. The zero-order valence-electron chi connectivity index (χ0n) is 9.75. The van der Waals surface area contributed by atoms with Gasteiger partial charge in [0.1, 0.15) is 0 Å². The van der Waals surface area contributed by atoms with Crippen LogP contribution in [0.15, 0.2) is 0 Å². The maximum absolute atomic E-state index is 12.5. The number of hydrogen-bond donors (Lipinski definition) is 2. The highest BCUT2D eigenvalue weighted by molar-refractivity contribution is 5.86. The smallest absolute Gasteiger partial charge is 0.395 e. The van der Waals surface area contributed by atoms with E-state index in [4.69, 9.17) is 10.8 Å². The molecule has 0 aromatic carbocycles. The molecular formula is C9H17F3N2O3. The fourth-order valence-electron chi connectivity index (χ4n) is 1.09. The number of aliphatic hydroxyl groups excluding tert-OH is 1. The van der Waals surface area contributed by atoms with E-state index in [1.165, 1.54) is 7.11 Å². The first-order valence-corrected chi connectivity index (χ1v) is 4.93. The number of amides is 1. The molecule has 0 bridgehead atoms. The first-order valence-electron chi connectivity index (χ1n) is 4.93. The zero-order valence-corrected chi connectivity index (χ0v) is 9.75. The van der Waals surface area contributed by atoms with Gasteiger partial charge < -0.3 is 20.5 Å². The molecule has 3 N–H and O–H groups in total.